The molecule has 1 aromatic heterocycles. The van der Waals surface area contributed by atoms with Crippen molar-refractivity contribution in [3.63, 3.8) is 0 Å². The SMILES string of the molecule is Clc1ccc(-c2noc([C@@H]3CCCCN3)n2)cc1. The zero-order valence-electron chi connectivity index (χ0n) is 9.90. The molecular formula is C13H14ClN3O. The molecule has 1 fully saturated rings. The molecule has 1 aliphatic heterocycles. The molecule has 0 saturated carbocycles. The van der Waals surface area contributed by atoms with Gasteiger partial charge < -0.3 is 9.84 Å². The lowest BCUT2D eigenvalue weighted by molar-refractivity contribution is 0.297. The number of nitrogens with one attached hydrogen (secondary N) is 1. The van der Waals surface area contributed by atoms with Crippen LogP contribution in [-0.4, -0.2) is 16.7 Å². The van der Waals surface area contributed by atoms with Crippen molar-refractivity contribution in [2.45, 2.75) is 25.3 Å². The van der Waals surface area contributed by atoms with Gasteiger partial charge in [-0.25, -0.2) is 0 Å². The van der Waals surface area contributed by atoms with Gasteiger partial charge in [-0.15, -0.1) is 0 Å². The van der Waals surface area contributed by atoms with Gasteiger partial charge in [0.25, 0.3) is 0 Å². The van der Waals surface area contributed by atoms with E-state index in [0.29, 0.717) is 16.7 Å². The van der Waals surface area contributed by atoms with E-state index < -0.39 is 0 Å². The van der Waals surface area contributed by atoms with Gasteiger partial charge in [0.15, 0.2) is 0 Å². The van der Waals surface area contributed by atoms with E-state index in [1.807, 2.05) is 24.3 Å². The van der Waals surface area contributed by atoms with Gasteiger partial charge in [0.1, 0.15) is 0 Å². The third kappa shape index (κ3) is 2.40. The van der Waals surface area contributed by atoms with Crippen LogP contribution in [0.1, 0.15) is 31.2 Å². The van der Waals surface area contributed by atoms with E-state index in [0.717, 1.165) is 18.5 Å². The molecule has 0 amide bonds. The van der Waals surface area contributed by atoms with Gasteiger partial charge in [-0.2, -0.15) is 4.98 Å². The largest absolute Gasteiger partial charge is 0.337 e. The number of rotatable bonds is 2. The molecule has 1 saturated heterocycles. The van der Waals surface area contributed by atoms with E-state index in [9.17, 15) is 0 Å². The predicted octanol–water partition coefficient (Wildman–Crippen LogP) is 3.20. The normalized spacial score (nSPS) is 19.9. The molecule has 2 aromatic rings. The first-order valence-corrected chi connectivity index (χ1v) is 6.53. The summed E-state index contributed by atoms with van der Waals surface area (Å²) in [6, 6.07) is 7.64. The van der Waals surface area contributed by atoms with Crippen LogP contribution in [0, 0.1) is 0 Å². The van der Waals surface area contributed by atoms with Crippen LogP contribution in [-0.2, 0) is 0 Å². The summed E-state index contributed by atoms with van der Waals surface area (Å²) in [6.45, 7) is 1.02. The maximum atomic E-state index is 5.85. The Balaban J connectivity index is 1.82. The lowest BCUT2D eigenvalue weighted by Crippen LogP contribution is -2.26. The number of hydrogen-bond donors (Lipinski definition) is 1. The number of benzene rings is 1. The van der Waals surface area contributed by atoms with Crippen molar-refractivity contribution < 1.29 is 4.52 Å². The molecule has 5 heteroatoms. The van der Waals surface area contributed by atoms with Crippen LogP contribution in [0.15, 0.2) is 28.8 Å². The van der Waals surface area contributed by atoms with Crippen LogP contribution in [0.25, 0.3) is 11.4 Å². The van der Waals surface area contributed by atoms with E-state index in [1.165, 1.54) is 12.8 Å². The highest BCUT2D eigenvalue weighted by Crippen LogP contribution is 2.24. The summed E-state index contributed by atoms with van der Waals surface area (Å²) in [4.78, 5) is 4.45. The zero-order valence-corrected chi connectivity index (χ0v) is 10.7. The third-order valence-corrected chi connectivity index (χ3v) is 3.40. The Bertz CT molecular complexity index is 517. The quantitative estimate of drug-likeness (QED) is 0.904. The van der Waals surface area contributed by atoms with Gasteiger partial charge in [0.2, 0.25) is 11.7 Å². The molecule has 0 unspecified atom stereocenters. The van der Waals surface area contributed by atoms with Gasteiger partial charge in [-0.3, -0.25) is 0 Å². The van der Waals surface area contributed by atoms with Gasteiger partial charge in [0.05, 0.1) is 6.04 Å². The molecule has 18 heavy (non-hydrogen) atoms. The molecule has 2 heterocycles. The highest BCUT2D eigenvalue weighted by Gasteiger charge is 2.21. The molecule has 0 spiro atoms. The summed E-state index contributed by atoms with van der Waals surface area (Å²) in [7, 11) is 0. The minimum Gasteiger partial charge on any atom is -0.337 e. The molecule has 4 nitrogen and oxygen atoms in total. The maximum Gasteiger partial charge on any atom is 0.244 e. The molecule has 1 aliphatic rings. The Hall–Kier alpha value is -1.39. The Kier molecular flexibility index (Phi) is 3.30. The van der Waals surface area contributed by atoms with Crippen molar-refractivity contribution in [2.24, 2.45) is 0 Å². The molecule has 1 atom stereocenters. The van der Waals surface area contributed by atoms with Gasteiger partial charge in [-0.1, -0.05) is 23.2 Å². The molecule has 0 radical (unpaired) electrons. The lowest BCUT2D eigenvalue weighted by atomic mass is 10.1. The van der Waals surface area contributed by atoms with Crippen molar-refractivity contribution in [2.75, 3.05) is 6.54 Å². The Morgan fingerprint density at radius 2 is 2.06 bits per heavy atom. The third-order valence-electron chi connectivity index (χ3n) is 3.15. The maximum absolute atomic E-state index is 5.85. The summed E-state index contributed by atoms with van der Waals surface area (Å²) in [5.74, 6) is 1.30. The average Bonchev–Trinajstić information content (AvgIpc) is 2.90. The summed E-state index contributed by atoms with van der Waals surface area (Å²) < 4.78 is 5.33. The fourth-order valence-corrected chi connectivity index (χ4v) is 2.28. The average molecular weight is 264 g/mol. The van der Waals surface area contributed by atoms with Gasteiger partial charge in [-0.05, 0) is 43.7 Å². The number of hydrogen-bond acceptors (Lipinski definition) is 4. The fourth-order valence-electron chi connectivity index (χ4n) is 2.16. The van der Waals surface area contributed by atoms with Crippen LogP contribution < -0.4 is 5.32 Å². The van der Waals surface area contributed by atoms with E-state index >= 15 is 0 Å². The van der Waals surface area contributed by atoms with Crippen LogP contribution in [0.2, 0.25) is 5.02 Å². The van der Waals surface area contributed by atoms with E-state index in [1.54, 1.807) is 0 Å². The molecule has 1 N–H and O–H groups in total. The highest BCUT2D eigenvalue weighted by molar-refractivity contribution is 6.30. The standard InChI is InChI=1S/C13H14ClN3O/c14-10-6-4-9(5-7-10)12-16-13(18-17-12)11-3-1-2-8-15-11/h4-7,11,15H,1-3,8H2/t11-/m0/s1. The second-order valence-corrected chi connectivity index (χ2v) is 4.90. The summed E-state index contributed by atoms with van der Waals surface area (Å²) in [6.07, 6.45) is 3.48. The zero-order chi connectivity index (χ0) is 12.4. The van der Waals surface area contributed by atoms with Crippen molar-refractivity contribution in [1.29, 1.82) is 0 Å². The first-order valence-electron chi connectivity index (χ1n) is 6.16. The predicted molar refractivity (Wildman–Crippen MR) is 69.3 cm³/mol. The van der Waals surface area contributed by atoms with Crippen LogP contribution in [0.3, 0.4) is 0 Å². The Labute approximate surface area is 110 Å². The second-order valence-electron chi connectivity index (χ2n) is 4.47. The summed E-state index contributed by atoms with van der Waals surface area (Å²) >= 11 is 5.85. The van der Waals surface area contributed by atoms with Crippen molar-refractivity contribution in [3.05, 3.63) is 35.2 Å². The van der Waals surface area contributed by atoms with Gasteiger partial charge >= 0.3 is 0 Å². The minimum atomic E-state index is 0.201. The molecule has 0 aliphatic carbocycles. The van der Waals surface area contributed by atoms with Crippen molar-refractivity contribution in [3.8, 4) is 11.4 Å². The Morgan fingerprint density at radius 1 is 1.22 bits per heavy atom. The first kappa shape index (κ1) is 11.7. The van der Waals surface area contributed by atoms with Gasteiger partial charge in [0, 0.05) is 10.6 Å². The highest BCUT2D eigenvalue weighted by atomic mass is 35.5. The molecule has 3 rings (SSSR count). The monoisotopic (exact) mass is 263 g/mol. The fraction of sp³-hybridized carbons (Fsp3) is 0.385. The Morgan fingerprint density at radius 3 is 2.78 bits per heavy atom. The minimum absolute atomic E-state index is 0.201. The molecule has 94 valence electrons. The van der Waals surface area contributed by atoms with Crippen molar-refractivity contribution in [1.82, 2.24) is 15.5 Å². The second kappa shape index (κ2) is 5.08. The lowest BCUT2D eigenvalue weighted by Gasteiger charge is -2.19. The number of aromatic nitrogens is 2. The number of halogens is 1. The van der Waals surface area contributed by atoms with Crippen LogP contribution in [0.5, 0.6) is 0 Å². The van der Waals surface area contributed by atoms with E-state index in [-0.39, 0.29) is 6.04 Å². The van der Waals surface area contributed by atoms with E-state index in [2.05, 4.69) is 15.5 Å². The summed E-state index contributed by atoms with van der Waals surface area (Å²) in [5, 5.41) is 8.12. The first-order chi connectivity index (χ1) is 8.83. The van der Waals surface area contributed by atoms with Crippen molar-refractivity contribution >= 4 is 11.6 Å². The van der Waals surface area contributed by atoms with E-state index in [4.69, 9.17) is 16.1 Å². The number of nitrogens with zero attached hydrogens (tertiary/aromatic N) is 2. The molecule has 0 bridgehead atoms. The van der Waals surface area contributed by atoms with Crippen LogP contribution in [0.4, 0.5) is 0 Å². The van der Waals surface area contributed by atoms with Crippen LogP contribution >= 0.6 is 11.6 Å². The topological polar surface area (TPSA) is 51.0 Å². The molecule has 1 aromatic carbocycles. The summed E-state index contributed by atoms with van der Waals surface area (Å²) in [5.41, 5.74) is 0.921. The molecular weight excluding hydrogens is 250 g/mol. The smallest absolute Gasteiger partial charge is 0.244 e. The number of piperidine rings is 1.